The Morgan fingerprint density at radius 2 is 1.75 bits per heavy atom. The highest BCUT2D eigenvalue weighted by Crippen LogP contribution is 2.37. The molecule has 3 aromatic rings. The van der Waals surface area contributed by atoms with Crippen LogP contribution in [0.2, 0.25) is 0 Å². The van der Waals surface area contributed by atoms with Crippen molar-refractivity contribution in [2.45, 2.75) is 59.0 Å². The Hall–Kier alpha value is -3.68. The van der Waals surface area contributed by atoms with Crippen LogP contribution in [0.1, 0.15) is 58.9 Å². The van der Waals surface area contributed by atoms with Crippen molar-refractivity contribution in [3.63, 3.8) is 0 Å². The number of nitrogens with two attached hydrogens (primary N) is 1. The number of aromatic nitrogens is 2. The highest BCUT2D eigenvalue weighted by molar-refractivity contribution is 6.01. The smallest absolute Gasteiger partial charge is 0.412 e. The van der Waals surface area contributed by atoms with E-state index in [0.29, 0.717) is 17.4 Å². The molecule has 0 aliphatic carbocycles. The lowest BCUT2D eigenvalue weighted by Crippen LogP contribution is -2.40. The van der Waals surface area contributed by atoms with E-state index in [0.717, 1.165) is 48.0 Å². The lowest BCUT2D eigenvalue weighted by atomic mass is 9.86. The molecule has 0 radical (unpaired) electrons. The van der Waals surface area contributed by atoms with E-state index in [1.165, 1.54) is 11.9 Å². The number of rotatable bonds is 4. The summed E-state index contributed by atoms with van der Waals surface area (Å²) in [7, 11) is 0. The summed E-state index contributed by atoms with van der Waals surface area (Å²) in [5.74, 6) is 0.984. The normalized spacial score (nSPS) is 14.8. The number of piperidine rings is 1. The molecule has 2 heterocycles. The summed E-state index contributed by atoms with van der Waals surface area (Å²) in [4.78, 5) is 35.3. The molecule has 190 valence electrons. The molecule has 0 bridgehead atoms. The molecule has 0 unspecified atom stereocenters. The van der Waals surface area contributed by atoms with Gasteiger partial charge in [-0.1, -0.05) is 26.0 Å². The Morgan fingerprint density at radius 1 is 1.08 bits per heavy atom. The number of ether oxygens (including phenoxy) is 1. The van der Waals surface area contributed by atoms with Gasteiger partial charge in [0.05, 0.1) is 10.9 Å². The molecule has 0 spiro atoms. The maximum absolute atomic E-state index is 12.4. The number of carbonyl (C=O) groups excluding carboxylic acids is 2. The van der Waals surface area contributed by atoms with Crippen molar-refractivity contribution in [2.24, 2.45) is 5.92 Å². The topological polar surface area (TPSA) is 110 Å². The number of nitrogens with zero attached hydrogens (tertiary/aromatic N) is 3. The second-order valence-corrected chi connectivity index (χ2v) is 10.7. The lowest BCUT2D eigenvalue weighted by molar-refractivity contribution is -0.135. The Morgan fingerprint density at radius 3 is 2.36 bits per heavy atom. The van der Waals surface area contributed by atoms with Gasteiger partial charge in [0.2, 0.25) is 5.91 Å². The monoisotopic (exact) mass is 489 g/mol. The number of nitrogen functional groups attached to an aromatic ring is 1. The van der Waals surface area contributed by atoms with Gasteiger partial charge in [-0.2, -0.15) is 0 Å². The van der Waals surface area contributed by atoms with Crippen LogP contribution < -0.4 is 11.1 Å². The Labute approximate surface area is 212 Å². The van der Waals surface area contributed by atoms with Crippen LogP contribution in [0.4, 0.5) is 16.3 Å². The van der Waals surface area contributed by atoms with Gasteiger partial charge >= 0.3 is 6.09 Å². The van der Waals surface area contributed by atoms with Gasteiger partial charge in [-0.3, -0.25) is 10.1 Å². The zero-order valence-corrected chi connectivity index (χ0v) is 21.7. The number of hydrogen-bond donors (Lipinski definition) is 2. The van der Waals surface area contributed by atoms with Gasteiger partial charge in [0.15, 0.2) is 0 Å². The molecular weight excluding hydrogens is 454 g/mol. The minimum absolute atomic E-state index is 0.0151. The first-order valence-corrected chi connectivity index (χ1v) is 12.4. The van der Waals surface area contributed by atoms with Crippen LogP contribution in [0.15, 0.2) is 42.7 Å². The Balaban J connectivity index is 1.62. The number of fused-ring (bicyclic) bond motifs is 1. The fraction of sp³-hybridized carbons (Fsp3) is 0.429. The molecule has 0 saturated carbocycles. The van der Waals surface area contributed by atoms with Crippen molar-refractivity contribution in [1.29, 1.82) is 0 Å². The zero-order valence-electron chi connectivity index (χ0n) is 21.7. The molecule has 3 N–H and O–H groups in total. The molecule has 8 heteroatoms. The minimum Gasteiger partial charge on any atom is -0.444 e. The van der Waals surface area contributed by atoms with Gasteiger partial charge in [-0.05, 0) is 80.5 Å². The SMILES string of the molecule is CC(C)C(=O)N1CCC(c2cc(-c3ccc(NC(=O)OC(C)(C)C)cc3)c3c(N)ncnc3c2)CC1. The fourth-order valence-corrected chi connectivity index (χ4v) is 4.65. The predicted molar refractivity (Wildman–Crippen MR) is 143 cm³/mol. The number of carbonyl (C=O) groups is 2. The molecular formula is C28H35N5O3. The Kier molecular flexibility index (Phi) is 7.15. The number of nitrogens with one attached hydrogen (secondary N) is 1. The average molecular weight is 490 g/mol. The van der Waals surface area contributed by atoms with Crippen LogP contribution in [0.25, 0.3) is 22.0 Å². The quantitative estimate of drug-likeness (QED) is 0.494. The first kappa shape index (κ1) is 25.4. The first-order valence-electron chi connectivity index (χ1n) is 12.4. The van der Waals surface area contributed by atoms with E-state index < -0.39 is 11.7 Å². The zero-order chi connectivity index (χ0) is 26.0. The van der Waals surface area contributed by atoms with Crippen molar-refractivity contribution in [3.05, 3.63) is 48.3 Å². The molecule has 1 fully saturated rings. The third-order valence-electron chi connectivity index (χ3n) is 6.40. The lowest BCUT2D eigenvalue weighted by Gasteiger charge is -2.33. The van der Waals surface area contributed by atoms with E-state index in [4.69, 9.17) is 10.5 Å². The van der Waals surface area contributed by atoms with Gasteiger partial charge in [0.25, 0.3) is 0 Å². The third kappa shape index (κ3) is 5.75. The van der Waals surface area contributed by atoms with Crippen molar-refractivity contribution in [1.82, 2.24) is 14.9 Å². The summed E-state index contributed by atoms with van der Waals surface area (Å²) < 4.78 is 5.34. The largest absolute Gasteiger partial charge is 0.444 e. The molecule has 1 saturated heterocycles. The summed E-state index contributed by atoms with van der Waals surface area (Å²) in [6.45, 7) is 10.9. The number of anilines is 2. The number of benzene rings is 2. The van der Waals surface area contributed by atoms with Gasteiger partial charge in [0, 0.05) is 24.7 Å². The van der Waals surface area contributed by atoms with Crippen LogP contribution in [0.5, 0.6) is 0 Å². The van der Waals surface area contributed by atoms with E-state index in [1.807, 2.05) is 63.8 Å². The fourth-order valence-electron chi connectivity index (χ4n) is 4.65. The molecule has 36 heavy (non-hydrogen) atoms. The second-order valence-electron chi connectivity index (χ2n) is 10.7. The number of likely N-dealkylation sites (tertiary alicyclic amines) is 1. The molecule has 2 amide bonds. The molecule has 0 atom stereocenters. The van der Waals surface area contributed by atoms with Gasteiger partial charge in [0.1, 0.15) is 17.7 Å². The standard InChI is InChI=1S/C28H35N5O3/c1-17(2)26(34)33-12-10-18(11-13-33)20-14-22(24-23(15-20)30-16-31-25(24)29)19-6-8-21(9-7-19)32-27(35)36-28(3,4)5/h6-9,14-18H,10-13H2,1-5H3,(H,32,35)(H2,29,30,31). The van der Waals surface area contributed by atoms with E-state index in [1.54, 1.807) is 0 Å². The van der Waals surface area contributed by atoms with Gasteiger partial charge in [-0.25, -0.2) is 14.8 Å². The molecule has 2 aromatic carbocycles. The van der Waals surface area contributed by atoms with Crippen LogP contribution in [0, 0.1) is 5.92 Å². The van der Waals surface area contributed by atoms with Crippen molar-refractivity contribution in [2.75, 3.05) is 24.1 Å². The summed E-state index contributed by atoms with van der Waals surface area (Å²) in [5.41, 5.74) is 10.2. The molecule has 8 nitrogen and oxygen atoms in total. The van der Waals surface area contributed by atoms with E-state index >= 15 is 0 Å². The van der Waals surface area contributed by atoms with Crippen LogP contribution in [-0.2, 0) is 9.53 Å². The van der Waals surface area contributed by atoms with Crippen molar-refractivity contribution in [3.8, 4) is 11.1 Å². The van der Waals surface area contributed by atoms with Crippen LogP contribution >= 0.6 is 0 Å². The number of hydrogen-bond acceptors (Lipinski definition) is 6. The summed E-state index contributed by atoms with van der Waals surface area (Å²) in [6.07, 6.45) is 2.80. The second kappa shape index (κ2) is 10.1. The number of amides is 2. The summed E-state index contributed by atoms with van der Waals surface area (Å²) in [5, 5.41) is 3.57. The van der Waals surface area contributed by atoms with Crippen molar-refractivity contribution >= 4 is 34.4 Å². The maximum Gasteiger partial charge on any atom is 0.412 e. The minimum atomic E-state index is -0.570. The highest BCUT2D eigenvalue weighted by atomic mass is 16.6. The van der Waals surface area contributed by atoms with E-state index in [9.17, 15) is 9.59 Å². The average Bonchev–Trinajstić information content (AvgIpc) is 2.82. The van der Waals surface area contributed by atoms with Gasteiger partial charge < -0.3 is 15.4 Å². The summed E-state index contributed by atoms with van der Waals surface area (Å²) >= 11 is 0. The first-order chi connectivity index (χ1) is 17.0. The molecule has 1 aromatic heterocycles. The van der Waals surface area contributed by atoms with Gasteiger partial charge in [-0.15, -0.1) is 0 Å². The third-order valence-corrected chi connectivity index (χ3v) is 6.40. The predicted octanol–water partition coefficient (Wildman–Crippen LogP) is 5.59. The van der Waals surface area contributed by atoms with Crippen LogP contribution in [-0.4, -0.2) is 45.6 Å². The van der Waals surface area contributed by atoms with E-state index in [-0.39, 0.29) is 11.8 Å². The molecule has 1 aliphatic heterocycles. The Bertz CT molecular complexity index is 1260. The molecule has 4 rings (SSSR count). The maximum atomic E-state index is 12.4. The van der Waals surface area contributed by atoms with E-state index in [2.05, 4.69) is 27.4 Å². The van der Waals surface area contributed by atoms with Crippen molar-refractivity contribution < 1.29 is 14.3 Å². The summed E-state index contributed by atoms with van der Waals surface area (Å²) in [6, 6.07) is 11.8. The highest BCUT2D eigenvalue weighted by Gasteiger charge is 2.26. The molecule has 1 aliphatic rings. The van der Waals surface area contributed by atoms with Crippen LogP contribution in [0.3, 0.4) is 0 Å².